The topological polar surface area (TPSA) is 95.6 Å². The maximum absolute atomic E-state index is 12.4. The van der Waals surface area contributed by atoms with Gasteiger partial charge >= 0.3 is 0 Å². The first kappa shape index (κ1) is 19.1. The summed E-state index contributed by atoms with van der Waals surface area (Å²) in [5, 5.41) is 2.78. The molecule has 1 fully saturated rings. The normalized spacial score (nSPS) is 14.9. The van der Waals surface area contributed by atoms with Gasteiger partial charge in [0.1, 0.15) is 0 Å². The summed E-state index contributed by atoms with van der Waals surface area (Å²) in [5.41, 5.74) is 1.67. The van der Waals surface area contributed by atoms with Crippen LogP contribution in [-0.4, -0.2) is 33.8 Å². The summed E-state index contributed by atoms with van der Waals surface area (Å²) in [6.45, 7) is 0.678. The zero-order valence-electron chi connectivity index (χ0n) is 14.9. The zero-order chi connectivity index (χ0) is 19.4. The molecule has 1 aliphatic rings. The summed E-state index contributed by atoms with van der Waals surface area (Å²) in [4.78, 5) is 26.3. The monoisotopic (exact) mass is 387 g/mol. The SMILES string of the molecule is CNS(=O)(=O)c1ccc(C(=O)Nc2cccc(N3CCCCC3=O)c2)cc1. The highest BCUT2D eigenvalue weighted by Crippen LogP contribution is 2.24. The van der Waals surface area contributed by atoms with Crippen molar-refractivity contribution in [3.8, 4) is 0 Å². The lowest BCUT2D eigenvalue weighted by atomic mass is 10.1. The van der Waals surface area contributed by atoms with Crippen molar-refractivity contribution < 1.29 is 18.0 Å². The van der Waals surface area contributed by atoms with Gasteiger partial charge in [-0.3, -0.25) is 9.59 Å². The molecule has 0 atom stereocenters. The van der Waals surface area contributed by atoms with Gasteiger partial charge in [0.15, 0.2) is 0 Å². The first-order valence-corrected chi connectivity index (χ1v) is 10.1. The molecular weight excluding hydrogens is 366 g/mol. The van der Waals surface area contributed by atoms with Crippen LogP contribution in [0.25, 0.3) is 0 Å². The first-order chi connectivity index (χ1) is 12.9. The minimum Gasteiger partial charge on any atom is -0.322 e. The molecule has 1 saturated heterocycles. The molecule has 8 heteroatoms. The van der Waals surface area contributed by atoms with Crippen molar-refractivity contribution >= 4 is 33.2 Å². The van der Waals surface area contributed by atoms with Crippen LogP contribution in [0.3, 0.4) is 0 Å². The fourth-order valence-electron chi connectivity index (χ4n) is 2.94. The Morgan fingerprint density at radius 1 is 1.07 bits per heavy atom. The molecule has 7 nitrogen and oxygen atoms in total. The van der Waals surface area contributed by atoms with E-state index in [0.717, 1.165) is 18.5 Å². The Balaban J connectivity index is 1.74. The molecule has 27 heavy (non-hydrogen) atoms. The number of amides is 2. The molecule has 2 amide bonds. The standard InChI is InChI=1S/C19H21N3O4S/c1-20-27(25,26)17-10-8-14(9-11-17)19(24)21-15-5-4-6-16(13-15)22-12-3-2-7-18(22)23/h4-6,8-11,13,20H,2-3,7,12H2,1H3,(H,21,24). The molecule has 142 valence electrons. The van der Waals surface area contributed by atoms with Crippen LogP contribution < -0.4 is 14.9 Å². The van der Waals surface area contributed by atoms with Gasteiger partial charge < -0.3 is 10.2 Å². The van der Waals surface area contributed by atoms with Crippen LogP contribution in [-0.2, 0) is 14.8 Å². The van der Waals surface area contributed by atoms with Crippen LogP contribution in [0, 0.1) is 0 Å². The van der Waals surface area contributed by atoms with Crippen LogP contribution in [0.5, 0.6) is 0 Å². The largest absolute Gasteiger partial charge is 0.322 e. The summed E-state index contributed by atoms with van der Waals surface area (Å²) in [5.74, 6) is -0.267. The van der Waals surface area contributed by atoms with Crippen LogP contribution in [0.15, 0.2) is 53.4 Å². The molecule has 0 bridgehead atoms. The van der Waals surface area contributed by atoms with Gasteiger partial charge in [-0.15, -0.1) is 0 Å². The summed E-state index contributed by atoms with van der Waals surface area (Å²) >= 11 is 0. The maximum Gasteiger partial charge on any atom is 0.255 e. The zero-order valence-corrected chi connectivity index (χ0v) is 15.8. The van der Waals surface area contributed by atoms with E-state index in [4.69, 9.17) is 0 Å². The molecule has 2 aromatic rings. The van der Waals surface area contributed by atoms with Crippen LogP contribution in [0.2, 0.25) is 0 Å². The van der Waals surface area contributed by atoms with Crippen molar-refractivity contribution in [2.24, 2.45) is 0 Å². The average molecular weight is 387 g/mol. The fourth-order valence-corrected chi connectivity index (χ4v) is 3.67. The second-order valence-corrected chi connectivity index (χ2v) is 8.13. The molecule has 1 aliphatic heterocycles. The molecular formula is C19H21N3O4S. The Hall–Kier alpha value is -2.71. The predicted octanol–water partition coefficient (Wildman–Crippen LogP) is 2.36. The second kappa shape index (κ2) is 7.89. The van der Waals surface area contributed by atoms with E-state index in [-0.39, 0.29) is 16.7 Å². The van der Waals surface area contributed by atoms with Gasteiger partial charge in [-0.05, 0) is 62.4 Å². The van der Waals surface area contributed by atoms with Crippen molar-refractivity contribution in [3.63, 3.8) is 0 Å². The van der Waals surface area contributed by atoms with Gasteiger partial charge in [-0.2, -0.15) is 0 Å². The van der Waals surface area contributed by atoms with Crippen LogP contribution in [0.1, 0.15) is 29.6 Å². The summed E-state index contributed by atoms with van der Waals surface area (Å²) in [6.07, 6.45) is 2.41. The number of carbonyl (C=O) groups is 2. The van der Waals surface area contributed by atoms with E-state index in [9.17, 15) is 18.0 Å². The lowest BCUT2D eigenvalue weighted by Crippen LogP contribution is -2.35. The van der Waals surface area contributed by atoms with E-state index in [1.54, 1.807) is 23.1 Å². The average Bonchev–Trinajstić information content (AvgIpc) is 2.68. The Morgan fingerprint density at radius 3 is 2.48 bits per heavy atom. The molecule has 1 heterocycles. The van der Waals surface area contributed by atoms with Gasteiger partial charge in [0.05, 0.1) is 4.90 Å². The number of nitrogens with one attached hydrogen (secondary N) is 2. The molecule has 0 saturated carbocycles. The Kier molecular flexibility index (Phi) is 5.57. The van der Waals surface area contributed by atoms with Crippen molar-refractivity contribution in [1.82, 2.24) is 4.72 Å². The number of carbonyl (C=O) groups excluding carboxylic acids is 2. The summed E-state index contributed by atoms with van der Waals surface area (Å²) in [7, 11) is -2.21. The Bertz CT molecular complexity index is 955. The predicted molar refractivity (Wildman–Crippen MR) is 103 cm³/mol. The number of benzene rings is 2. The number of nitrogens with zero attached hydrogens (tertiary/aromatic N) is 1. The smallest absolute Gasteiger partial charge is 0.255 e. The third-order valence-corrected chi connectivity index (χ3v) is 5.86. The molecule has 2 aromatic carbocycles. The highest BCUT2D eigenvalue weighted by molar-refractivity contribution is 7.89. The molecule has 0 unspecified atom stereocenters. The number of hydrogen-bond donors (Lipinski definition) is 2. The number of anilines is 2. The van der Waals surface area contributed by atoms with Gasteiger partial charge in [-0.25, -0.2) is 13.1 Å². The Labute approximate surface area is 158 Å². The molecule has 3 rings (SSSR count). The molecule has 0 spiro atoms. The van der Waals surface area contributed by atoms with Gasteiger partial charge in [0, 0.05) is 29.9 Å². The third-order valence-electron chi connectivity index (χ3n) is 4.43. The van der Waals surface area contributed by atoms with Crippen molar-refractivity contribution in [2.45, 2.75) is 24.2 Å². The number of hydrogen-bond acceptors (Lipinski definition) is 4. The van der Waals surface area contributed by atoms with Gasteiger partial charge in [0.25, 0.3) is 5.91 Å². The van der Waals surface area contributed by atoms with Gasteiger partial charge in [-0.1, -0.05) is 6.07 Å². The summed E-state index contributed by atoms with van der Waals surface area (Å²) < 4.78 is 25.7. The molecule has 0 radical (unpaired) electrons. The minimum absolute atomic E-state index is 0.0889. The van der Waals surface area contributed by atoms with Crippen LogP contribution in [0.4, 0.5) is 11.4 Å². The van der Waals surface area contributed by atoms with E-state index >= 15 is 0 Å². The number of sulfonamides is 1. The maximum atomic E-state index is 12.4. The van der Waals surface area contributed by atoms with E-state index in [0.29, 0.717) is 24.2 Å². The molecule has 2 N–H and O–H groups in total. The van der Waals surface area contributed by atoms with Crippen molar-refractivity contribution in [2.75, 3.05) is 23.8 Å². The van der Waals surface area contributed by atoms with E-state index in [1.165, 1.54) is 31.3 Å². The van der Waals surface area contributed by atoms with Crippen LogP contribution >= 0.6 is 0 Å². The van der Waals surface area contributed by atoms with Crippen molar-refractivity contribution in [3.05, 3.63) is 54.1 Å². The van der Waals surface area contributed by atoms with Gasteiger partial charge in [0.2, 0.25) is 15.9 Å². The molecule has 0 aliphatic carbocycles. The first-order valence-electron chi connectivity index (χ1n) is 8.66. The van der Waals surface area contributed by atoms with E-state index < -0.39 is 10.0 Å². The second-order valence-electron chi connectivity index (χ2n) is 6.24. The number of rotatable bonds is 5. The number of piperidine rings is 1. The van der Waals surface area contributed by atoms with E-state index in [2.05, 4.69) is 10.0 Å². The Morgan fingerprint density at radius 2 is 1.81 bits per heavy atom. The lowest BCUT2D eigenvalue weighted by molar-refractivity contribution is -0.119. The third kappa shape index (κ3) is 4.35. The highest BCUT2D eigenvalue weighted by atomic mass is 32.2. The lowest BCUT2D eigenvalue weighted by Gasteiger charge is -2.27. The highest BCUT2D eigenvalue weighted by Gasteiger charge is 2.20. The van der Waals surface area contributed by atoms with E-state index in [1.807, 2.05) is 6.07 Å². The minimum atomic E-state index is -3.54. The summed E-state index contributed by atoms with van der Waals surface area (Å²) in [6, 6.07) is 12.8. The van der Waals surface area contributed by atoms with Crippen molar-refractivity contribution in [1.29, 1.82) is 0 Å². The quantitative estimate of drug-likeness (QED) is 0.823. The fraction of sp³-hybridized carbons (Fsp3) is 0.263. The molecule has 0 aromatic heterocycles.